The van der Waals surface area contributed by atoms with Crippen LogP contribution in [0.5, 0.6) is 0 Å². The maximum absolute atomic E-state index is 12.7. The van der Waals surface area contributed by atoms with Gasteiger partial charge in [0.05, 0.1) is 40.3 Å². The molecule has 0 rings (SSSR count). The van der Waals surface area contributed by atoms with E-state index in [0.29, 0.717) is 12.8 Å². The molecule has 0 aliphatic rings. The number of carbonyl (C=O) groups is 3. The molecule has 0 spiro atoms. The van der Waals surface area contributed by atoms with Crippen LogP contribution in [0.3, 0.4) is 0 Å². The predicted molar refractivity (Wildman–Crippen MR) is 231 cm³/mol. The lowest BCUT2D eigenvalue weighted by Crippen LogP contribution is -2.55. The van der Waals surface area contributed by atoms with Crippen molar-refractivity contribution in [3.8, 4) is 0 Å². The number of carboxylic acid groups (broad SMARTS) is 1. The SMILES string of the molecule is CC/C=C/C/C=C/CCCCCCCC(=O)OCC(COCCC(C(=O)[O-])[N+](C)(C)C)OC(=O)CCCCCCCCC/C=C/CCCCCCCCCCC. The third-order valence-electron chi connectivity index (χ3n) is 10.3. The highest BCUT2D eigenvalue weighted by molar-refractivity contribution is 5.70. The molecule has 0 N–H and O–H groups in total. The Morgan fingerprint density at radius 2 is 1.00 bits per heavy atom. The van der Waals surface area contributed by atoms with Crippen molar-refractivity contribution in [3.05, 3.63) is 36.5 Å². The van der Waals surface area contributed by atoms with Gasteiger partial charge in [-0.2, -0.15) is 0 Å². The van der Waals surface area contributed by atoms with Crippen LogP contribution in [0.1, 0.15) is 200 Å². The first-order chi connectivity index (χ1) is 27.1. The molecule has 0 radical (unpaired) electrons. The highest BCUT2D eigenvalue weighted by Crippen LogP contribution is 2.14. The van der Waals surface area contributed by atoms with Gasteiger partial charge >= 0.3 is 11.9 Å². The topological polar surface area (TPSA) is 102 Å². The quantitative estimate of drug-likeness (QED) is 0.0263. The van der Waals surface area contributed by atoms with Crippen LogP contribution < -0.4 is 5.11 Å². The summed E-state index contributed by atoms with van der Waals surface area (Å²) in [6.07, 6.45) is 44.6. The molecule has 0 bridgehead atoms. The molecule has 326 valence electrons. The molecule has 0 saturated heterocycles. The number of rotatable bonds is 41. The van der Waals surface area contributed by atoms with Crippen molar-refractivity contribution >= 4 is 17.9 Å². The van der Waals surface area contributed by atoms with Gasteiger partial charge in [0.2, 0.25) is 0 Å². The van der Waals surface area contributed by atoms with Gasteiger partial charge in [0.15, 0.2) is 6.10 Å². The molecule has 0 amide bonds. The van der Waals surface area contributed by atoms with Crippen LogP contribution in [-0.2, 0) is 28.6 Å². The van der Waals surface area contributed by atoms with Crippen molar-refractivity contribution in [2.24, 2.45) is 0 Å². The van der Waals surface area contributed by atoms with Gasteiger partial charge in [-0.25, -0.2) is 0 Å². The van der Waals surface area contributed by atoms with E-state index in [9.17, 15) is 19.5 Å². The van der Waals surface area contributed by atoms with Gasteiger partial charge < -0.3 is 28.6 Å². The van der Waals surface area contributed by atoms with Crippen LogP contribution in [0.4, 0.5) is 0 Å². The van der Waals surface area contributed by atoms with Gasteiger partial charge in [0.1, 0.15) is 12.6 Å². The van der Waals surface area contributed by atoms with Crippen molar-refractivity contribution < 1.29 is 38.2 Å². The predicted octanol–water partition coefficient (Wildman–Crippen LogP) is 11.3. The van der Waals surface area contributed by atoms with E-state index < -0.39 is 18.1 Å². The van der Waals surface area contributed by atoms with E-state index in [4.69, 9.17) is 14.2 Å². The minimum Gasteiger partial charge on any atom is -0.544 e. The molecule has 0 aromatic carbocycles. The van der Waals surface area contributed by atoms with Gasteiger partial charge in [-0.3, -0.25) is 9.59 Å². The van der Waals surface area contributed by atoms with Crippen molar-refractivity contribution in [1.82, 2.24) is 0 Å². The summed E-state index contributed by atoms with van der Waals surface area (Å²) in [6.45, 7) is 4.54. The molecule has 56 heavy (non-hydrogen) atoms. The number of carbonyl (C=O) groups excluding carboxylic acids is 3. The summed E-state index contributed by atoms with van der Waals surface area (Å²) >= 11 is 0. The Morgan fingerprint density at radius 3 is 1.48 bits per heavy atom. The zero-order chi connectivity index (χ0) is 41.4. The second-order valence-corrected chi connectivity index (χ2v) is 16.6. The van der Waals surface area contributed by atoms with Crippen LogP contribution in [0.25, 0.3) is 0 Å². The summed E-state index contributed by atoms with van der Waals surface area (Å²) in [7, 11) is 5.40. The number of carboxylic acids is 1. The van der Waals surface area contributed by atoms with Gasteiger partial charge in [-0.05, 0) is 64.2 Å². The second kappa shape index (κ2) is 39.4. The number of aliphatic carboxylic acids is 1. The monoisotopic (exact) mass is 790 g/mol. The Hall–Kier alpha value is -2.45. The van der Waals surface area contributed by atoms with E-state index in [1.165, 1.54) is 96.3 Å². The summed E-state index contributed by atoms with van der Waals surface area (Å²) in [5.41, 5.74) is 0. The highest BCUT2D eigenvalue weighted by Gasteiger charge is 2.25. The lowest BCUT2D eigenvalue weighted by atomic mass is 10.1. The molecular weight excluding hydrogens is 703 g/mol. The standard InChI is InChI=1S/C48H87NO7/c1-6-8-10-12-14-16-18-20-21-22-23-24-25-26-27-29-31-33-35-37-39-47(51)56-44(42-54-41-40-45(48(52)53)49(3,4)5)43-55-46(50)38-36-34-32-30-28-19-17-15-13-11-9-7-2/h9,11,15,17,23-24,44-45H,6-8,10,12-14,16,18-22,25-43H2,1-5H3/b11-9+,17-15+,24-23+. The van der Waals surface area contributed by atoms with E-state index in [1.54, 1.807) is 21.1 Å². The summed E-state index contributed by atoms with van der Waals surface area (Å²) in [5.74, 6) is -1.76. The molecule has 0 fully saturated rings. The summed E-state index contributed by atoms with van der Waals surface area (Å²) in [5, 5.41) is 11.6. The number of likely N-dealkylation sites (N-methyl/N-ethyl adjacent to an activating group) is 1. The lowest BCUT2D eigenvalue weighted by molar-refractivity contribution is -0.889. The first kappa shape index (κ1) is 53.6. The van der Waals surface area contributed by atoms with E-state index in [2.05, 4.69) is 50.3 Å². The second-order valence-electron chi connectivity index (χ2n) is 16.6. The smallest absolute Gasteiger partial charge is 0.306 e. The summed E-state index contributed by atoms with van der Waals surface area (Å²) in [6, 6.07) is -0.727. The minimum absolute atomic E-state index is 0.0354. The first-order valence-electron chi connectivity index (χ1n) is 23.0. The Morgan fingerprint density at radius 1 is 0.554 bits per heavy atom. The van der Waals surface area contributed by atoms with Crippen LogP contribution in [-0.4, -0.2) is 75.5 Å². The van der Waals surface area contributed by atoms with Crippen LogP contribution in [0.2, 0.25) is 0 Å². The number of nitrogens with zero attached hydrogens (tertiary/aromatic N) is 1. The maximum Gasteiger partial charge on any atom is 0.306 e. The van der Waals surface area contributed by atoms with Crippen molar-refractivity contribution in [3.63, 3.8) is 0 Å². The van der Waals surface area contributed by atoms with Crippen LogP contribution in [0.15, 0.2) is 36.5 Å². The van der Waals surface area contributed by atoms with Crippen molar-refractivity contribution in [1.29, 1.82) is 0 Å². The fourth-order valence-electron chi connectivity index (χ4n) is 6.69. The normalized spacial score (nSPS) is 13.2. The number of hydrogen-bond donors (Lipinski definition) is 0. The number of allylic oxidation sites excluding steroid dienone is 6. The highest BCUT2D eigenvalue weighted by atomic mass is 16.6. The molecule has 2 unspecified atom stereocenters. The Balaban J connectivity index is 4.29. The largest absolute Gasteiger partial charge is 0.544 e. The molecule has 8 heteroatoms. The van der Waals surface area contributed by atoms with Crippen LogP contribution in [0, 0.1) is 0 Å². The number of quaternary nitrogens is 1. The number of esters is 2. The maximum atomic E-state index is 12.7. The Labute approximate surface area is 344 Å². The van der Waals surface area contributed by atoms with Gasteiger partial charge in [0, 0.05) is 19.3 Å². The third-order valence-corrected chi connectivity index (χ3v) is 10.3. The van der Waals surface area contributed by atoms with E-state index in [1.807, 2.05) is 0 Å². The van der Waals surface area contributed by atoms with Gasteiger partial charge in [0.25, 0.3) is 0 Å². The zero-order valence-electron chi connectivity index (χ0n) is 37.1. The summed E-state index contributed by atoms with van der Waals surface area (Å²) < 4.78 is 17.2. The number of unbranched alkanes of at least 4 members (excludes halogenated alkanes) is 21. The van der Waals surface area contributed by atoms with Crippen LogP contribution >= 0.6 is 0 Å². The fourth-order valence-corrected chi connectivity index (χ4v) is 6.69. The molecule has 0 aromatic rings. The fraction of sp³-hybridized carbons (Fsp3) is 0.812. The van der Waals surface area contributed by atoms with Gasteiger partial charge in [-0.15, -0.1) is 0 Å². The molecular formula is C48H87NO7. The average Bonchev–Trinajstić information content (AvgIpc) is 3.15. The Kier molecular flexibility index (Phi) is 37.7. The Bertz CT molecular complexity index is 1020. The van der Waals surface area contributed by atoms with E-state index in [0.717, 1.165) is 70.6 Å². The first-order valence-corrected chi connectivity index (χ1v) is 23.0. The lowest BCUT2D eigenvalue weighted by Gasteiger charge is -2.34. The molecule has 8 nitrogen and oxygen atoms in total. The molecule has 0 saturated carbocycles. The average molecular weight is 790 g/mol. The minimum atomic E-state index is -1.13. The third kappa shape index (κ3) is 37.1. The molecule has 0 aliphatic carbocycles. The zero-order valence-corrected chi connectivity index (χ0v) is 37.1. The summed E-state index contributed by atoms with van der Waals surface area (Å²) in [4.78, 5) is 36.8. The van der Waals surface area contributed by atoms with Crippen molar-refractivity contribution in [2.75, 3.05) is 41.0 Å². The molecule has 0 aromatic heterocycles. The van der Waals surface area contributed by atoms with E-state index >= 15 is 0 Å². The van der Waals surface area contributed by atoms with E-state index in [-0.39, 0.29) is 42.7 Å². The molecule has 0 heterocycles. The molecule has 2 atom stereocenters. The number of ether oxygens (including phenoxy) is 3. The van der Waals surface area contributed by atoms with Gasteiger partial charge in [-0.1, -0.05) is 153 Å². The number of hydrogen-bond acceptors (Lipinski definition) is 7. The molecule has 0 aliphatic heterocycles. The van der Waals surface area contributed by atoms with Crippen molar-refractivity contribution in [2.45, 2.75) is 212 Å².